The molecule has 3 aliphatic rings. The first-order valence-electron chi connectivity index (χ1n) is 12.4. The van der Waals surface area contributed by atoms with Gasteiger partial charge in [-0.15, -0.1) is 0 Å². The maximum absolute atomic E-state index is 13.3. The monoisotopic (exact) mass is 464 g/mol. The van der Waals surface area contributed by atoms with Crippen LogP contribution in [0.1, 0.15) is 16.7 Å². The molecular formula is C27H36N4O3. The number of anilines is 2. The molecule has 182 valence electrons. The molecule has 0 atom stereocenters. The number of ether oxygens (including phenoxy) is 2. The van der Waals surface area contributed by atoms with Crippen LogP contribution in [0.15, 0.2) is 36.4 Å². The second kappa shape index (κ2) is 10.2. The van der Waals surface area contributed by atoms with Gasteiger partial charge in [0.1, 0.15) is 5.75 Å². The van der Waals surface area contributed by atoms with E-state index in [0.717, 1.165) is 76.8 Å². The molecule has 1 amide bonds. The zero-order chi connectivity index (χ0) is 23.5. The Hall–Kier alpha value is -2.77. The Morgan fingerprint density at radius 2 is 1.62 bits per heavy atom. The van der Waals surface area contributed by atoms with Gasteiger partial charge in [-0.25, -0.2) is 0 Å². The third-order valence-electron chi connectivity index (χ3n) is 7.43. The average Bonchev–Trinajstić information content (AvgIpc) is 2.89. The highest BCUT2D eigenvalue weighted by Gasteiger charge is 2.28. The van der Waals surface area contributed by atoms with Gasteiger partial charge in [-0.2, -0.15) is 0 Å². The molecule has 0 spiro atoms. The fourth-order valence-corrected chi connectivity index (χ4v) is 5.31. The van der Waals surface area contributed by atoms with Crippen LogP contribution in [0.3, 0.4) is 0 Å². The van der Waals surface area contributed by atoms with Crippen LogP contribution in [0, 0.1) is 0 Å². The third kappa shape index (κ3) is 4.86. The van der Waals surface area contributed by atoms with Gasteiger partial charge < -0.3 is 29.1 Å². The summed E-state index contributed by atoms with van der Waals surface area (Å²) in [5, 5.41) is 0. The lowest BCUT2D eigenvalue weighted by molar-refractivity contribution is -0.131. The van der Waals surface area contributed by atoms with Crippen molar-refractivity contribution in [1.82, 2.24) is 9.80 Å². The van der Waals surface area contributed by atoms with E-state index in [2.05, 4.69) is 58.1 Å². The summed E-state index contributed by atoms with van der Waals surface area (Å²) in [4.78, 5) is 22.5. The Morgan fingerprint density at radius 1 is 0.882 bits per heavy atom. The molecule has 7 nitrogen and oxygen atoms in total. The molecule has 0 aliphatic carbocycles. The normalized spacial score (nSPS) is 19.2. The van der Waals surface area contributed by atoms with Crippen LogP contribution in [-0.4, -0.2) is 88.9 Å². The van der Waals surface area contributed by atoms with E-state index in [1.807, 2.05) is 4.90 Å². The van der Waals surface area contributed by atoms with E-state index >= 15 is 0 Å². The topological polar surface area (TPSA) is 48.5 Å². The van der Waals surface area contributed by atoms with E-state index in [1.54, 1.807) is 7.11 Å². The number of carbonyl (C=O) groups is 1. The van der Waals surface area contributed by atoms with Gasteiger partial charge in [0.2, 0.25) is 5.91 Å². The number of carbonyl (C=O) groups excluding carboxylic acids is 1. The molecule has 34 heavy (non-hydrogen) atoms. The summed E-state index contributed by atoms with van der Waals surface area (Å²) in [5.41, 5.74) is 6.05. The van der Waals surface area contributed by atoms with Crippen LogP contribution in [0.2, 0.25) is 0 Å². The minimum absolute atomic E-state index is 0.192. The Morgan fingerprint density at radius 3 is 2.32 bits per heavy atom. The van der Waals surface area contributed by atoms with Crippen LogP contribution in [0.5, 0.6) is 5.75 Å². The molecule has 2 saturated heterocycles. The van der Waals surface area contributed by atoms with Crippen molar-refractivity contribution in [3.05, 3.63) is 53.1 Å². The predicted octanol–water partition coefficient (Wildman–Crippen LogP) is 2.41. The summed E-state index contributed by atoms with van der Waals surface area (Å²) in [6.45, 7) is 8.93. The van der Waals surface area contributed by atoms with Crippen molar-refractivity contribution in [3.63, 3.8) is 0 Å². The smallest absolute Gasteiger partial charge is 0.227 e. The number of fused-ring (bicyclic) bond motifs is 1. The van der Waals surface area contributed by atoms with Gasteiger partial charge >= 0.3 is 0 Å². The van der Waals surface area contributed by atoms with Crippen LogP contribution in [0.4, 0.5) is 11.4 Å². The molecule has 2 fully saturated rings. The largest absolute Gasteiger partial charge is 0.496 e. The molecule has 3 heterocycles. The molecular weight excluding hydrogens is 428 g/mol. The van der Waals surface area contributed by atoms with Crippen LogP contribution in [0.25, 0.3) is 0 Å². The molecule has 0 radical (unpaired) electrons. The van der Waals surface area contributed by atoms with Gasteiger partial charge in [-0.1, -0.05) is 12.1 Å². The van der Waals surface area contributed by atoms with Gasteiger partial charge in [-0.3, -0.25) is 4.79 Å². The number of nitrogens with zero attached hydrogens (tertiary/aromatic N) is 4. The number of benzene rings is 2. The SMILES string of the molecule is COc1ccc(N2CCN(C)CC2)c2c1CCN(C(=O)Cc1ccc(N3CCOCC3)cc1)C2. The molecule has 7 heteroatoms. The fourth-order valence-electron chi connectivity index (χ4n) is 5.31. The number of amides is 1. The molecule has 0 aromatic heterocycles. The number of morpholine rings is 1. The summed E-state index contributed by atoms with van der Waals surface area (Å²) in [7, 11) is 3.91. The van der Waals surface area contributed by atoms with Crippen LogP contribution >= 0.6 is 0 Å². The lowest BCUT2D eigenvalue weighted by Gasteiger charge is -2.38. The van der Waals surface area contributed by atoms with Gasteiger partial charge in [0.25, 0.3) is 0 Å². The molecule has 2 aromatic carbocycles. The van der Waals surface area contributed by atoms with Crippen molar-refractivity contribution >= 4 is 17.3 Å². The standard InChI is InChI=1S/C27H36N4O3/c1-28-11-13-30(14-12-28)25-7-8-26(33-2)23-9-10-31(20-24(23)25)27(32)19-21-3-5-22(6-4-21)29-15-17-34-18-16-29/h3-8H,9-20H2,1-2H3. The minimum Gasteiger partial charge on any atom is -0.496 e. The molecule has 0 N–H and O–H groups in total. The van der Waals surface area contributed by atoms with Crippen molar-refractivity contribution in [2.75, 3.05) is 83.0 Å². The van der Waals surface area contributed by atoms with Crippen molar-refractivity contribution in [2.24, 2.45) is 0 Å². The van der Waals surface area contributed by atoms with Crippen LogP contribution in [-0.2, 0) is 28.9 Å². The maximum atomic E-state index is 13.3. The zero-order valence-corrected chi connectivity index (χ0v) is 20.5. The van der Waals surface area contributed by atoms with E-state index in [1.165, 1.54) is 22.5 Å². The molecule has 5 rings (SSSR count). The van der Waals surface area contributed by atoms with Crippen molar-refractivity contribution in [3.8, 4) is 5.75 Å². The first-order chi connectivity index (χ1) is 16.6. The summed E-state index contributed by atoms with van der Waals surface area (Å²) in [6.07, 6.45) is 1.27. The van der Waals surface area contributed by atoms with E-state index in [4.69, 9.17) is 9.47 Å². The Kier molecular flexibility index (Phi) is 6.92. The molecule has 0 saturated carbocycles. The molecule has 0 bridgehead atoms. The highest BCUT2D eigenvalue weighted by Crippen LogP contribution is 2.36. The highest BCUT2D eigenvalue weighted by atomic mass is 16.5. The second-order valence-corrected chi connectivity index (χ2v) is 9.54. The van der Waals surface area contributed by atoms with Gasteiger partial charge in [0.15, 0.2) is 0 Å². The van der Waals surface area contributed by atoms with E-state index in [9.17, 15) is 4.79 Å². The third-order valence-corrected chi connectivity index (χ3v) is 7.43. The number of hydrogen-bond acceptors (Lipinski definition) is 6. The van der Waals surface area contributed by atoms with Crippen molar-refractivity contribution < 1.29 is 14.3 Å². The summed E-state index contributed by atoms with van der Waals surface area (Å²) < 4.78 is 11.1. The minimum atomic E-state index is 0.192. The first kappa shape index (κ1) is 23.0. The Balaban J connectivity index is 1.29. The summed E-state index contributed by atoms with van der Waals surface area (Å²) in [5.74, 6) is 1.13. The van der Waals surface area contributed by atoms with Crippen molar-refractivity contribution in [2.45, 2.75) is 19.4 Å². The van der Waals surface area contributed by atoms with E-state index in [0.29, 0.717) is 13.0 Å². The number of hydrogen-bond donors (Lipinski definition) is 0. The number of piperazine rings is 1. The summed E-state index contributed by atoms with van der Waals surface area (Å²) in [6, 6.07) is 12.7. The molecule has 3 aliphatic heterocycles. The van der Waals surface area contributed by atoms with Gasteiger partial charge in [0.05, 0.1) is 26.7 Å². The fraction of sp³-hybridized carbons (Fsp3) is 0.519. The zero-order valence-electron chi connectivity index (χ0n) is 20.5. The first-order valence-corrected chi connectivity index (χ1v) is 12.4. The summed E-state index contributed by atoms with van der Waals surface area (Å²) >= 11 is 0. The number of methoxy groups -OCH3 is 1. The Bertz CT molecular complexity index is 996. The lowest BCUT2D eigenvalue weighted by Crippen LogP contribution is -2.45. The number of rotatable bonds is 5. The average molecular weight is 465 g/mol. The van der Waals surface area contributed by atoms with E-state index in [-0.39, 0.29) is 5.91 Å². The quantitative estimate of drug-likeness (QED) is 0.678. The van der Waals surface area contributed by atoms with Gasteiger partial charge in [-0.05, 0) is 43.3 Å². The van der Waals surface area contributed by atoms with Crippen molar-refractivity contribution in [1.29, 1.82) is 0 Å². The molecule has 0 unspecified atom stereocenters. The molecule has 2 aromatic rings. The van der Waals surface area contributed by atoms with Gasteiger partial charge in [0, 0.05) is 74.9 Å². The van der Waals surface area contributed by atoms with Crippen LogP contribution < -0.4 is 14.5 Å². The second-order valence-electron chi connectivity index (χ2n) is 9.54. The number of likely N-dealkylation sites (N-methyl/N-ethyl adjacent to an activating group) is 1. The predicted molar refractivity (Wildman–Crippen MR) is 135 cm³/mol. The highest BCUT2D eigenvalue weighted by molar-refractivity contribution is 5.80. The Labute approximate surface area is 202 Å². The van der Waals surface area contributed by atoms with E-state index < -0.39 is 0 Å². The lowest BCUT2D eigenvalue weighted by atomic mass is 9.95. The maximum Gasteiger partial charge on any atom is 0.227 e.